The number of thioether (sulfide) groups is 1. The van der Waals surface area contributed by atoms with Crippen LogP contribution in [0.2, 0.25) is 0 Å². The smallest absolute Gasteiger partial charge is 0.0104 e. The number of rotatable bonds is 0. The van der Waals surface area contributed by atoms with Gasteiger partial charge in [-0.3, -0.25) is 0 Å². The second-order valence-corrected chi connectivity index (χ2v) is 8.61. The number of hydrogen-bond acceptors (Lipinski definition) is 1. The van der Waals surface area contributed by atoms with Crippen molar-refractivity contribution in [1.29, 1.82) is 0 Å². The monoisotopic (exact) mass is 368 g/mol. The summed E-state index contributed by atoms with van der Waals surface area (Å²) in [6.45, 7) is 0. The van der Waals surface area contributed by atoms with Gasteiger partial charge in [0.1, 0.15) is 0 Å². The Morgan fingerprint density at radius 2 is 1.37 bits per heavy atom. The number of benzene rings is 3. The van der Waals surface area contributed by atoms with E-state index in [1.807, 2.05) is 11.8 Å². The van der Waals surface area contributed by atoms with E-state index >= 15 is 0 Å². The second-order valence-electron chi connectivity index (χ2n) is 7.47. The Balaban J connectivity index is 0.000000149. The number of hydrogen-bond donors (Lipinski definition) is 0. The molecule has 6 rings (SSSR count). The first-order valence-electron chi connectivity index (χ1n) is 9.98. The van der Waals surface area contributed by atoms with Crippen LogP contribution in [0, 0.1) is 0 Å². The Hall–Kier alpha value is -2.25. The molecule has 3 aromatic carbocycles. The molecule has 0 N–H and O–H groups in total. The molecule has 134 valence electrons. The molecule has 0 atom stereocenters. The van der Waals surface area contributed by atoms with E-state index in [1.165, 1.54) is 57.7 Å². The topological polar surface area (TPSA) is 0 Å². The molecule has 0 radical (unpaired) electrons. The fourth-order valence-electron chi connectivity index (χ4n) is 4.52. The van der Waals surface area contributed by atoms with Gasteiger partial charge in [-0.05, 0) is 77.1 Å². The first-order chi connectivity index (χ1) is 13.4. The summed E-state index contributed by atoms with van der Waals surface area (Å²) in [7, 11) is 0. The average molecular weight is 369 g/mol. The number of aryl methyl sites for hydroxylation is 2. The van der Waals surface area contributed by atoms with Crippen LogP contribution in [0.1, 0.15) is 27.8 Å². The maximum atomic E-state index is 2.34. The van der Waals surface area contributed by atoms with Crippen molar-refractivity contribution < 1.29 is 0 Å². The van der Waals surface area contributed by atoms with E-state index in [9.17, 15) is 0 Å². The van der Waals surface area contributed by atoms with E-state index in [1.54, 1.807) is 11.1 Å². The van der Waals surface area contributed by atoms with Gasteiger partial charge in [-0.1, -0.05) is 66.7 Å². The van der Waals surface area contributed by atoms with E-state index in [2.05, 4.69) is 72.8 Å². The molecule has 0 aromatic heterocycles. The number of allylic oxidation sites excluding steroid dienone is 2. The summed E-state index contributed by atoms with van der Waals surface area (Å²) in [5.41, 5.74) is 10.7. The first kappa shape index (κ1) is 16.9. The van der Waals surface area contributed by atoms with Crippen LogP contribution in [0.15, 0.2) is 77.7 Å². The molecule has 1 heterocycles. The lowest BCUT2D eigenvalue weighted by atomic mass is 9.79. The van der Waals surface area contributed by atoms with Gasteiger partial charge in [-0.25, -0.2) is 0 Å². The molecule has 0 fully saturated rings. The highest BCUT2D eigenvalue weighted by atomic mass is 32.2. The zero-order valence-corrected chi connectivity index (χ0v) is 16.4. The predicted molar refractivity (Wildman–Crippen MR) is 117 cm³/mol. The summed E-state index contributed by atoms with van der Waals surface area (Å²) in [6.07, 6.45) is 10.5. The van der Waals surface area contributed by atoms with Crippen molar-refractivity contribution in [1.82, 2.24) is 0 Å². The zero-order chi connectivity index (χ0) is 18.1. The minimum Gasteiger partial charge on any atom is -0.126 e. The largest absolute Gasteiger partial charge is 0.126 e. The third-order valence-corrected chi connectivity index (χ3v) is 7.03. The second kappa shape index (κ2) is 7.40. The van der Waals surface area contributed by atoms with Gasteiger partial charge >= 0.3 is 0 Å². The van der Waals surface area contributed by atoms with Crippen molar-refractivity contribution in [2.45, 2.75) is 37.0 Å². The lowest BCUT2D eigenvalue weighted by Gasteiger charge is -2.25. The summed E-state index contributed by atoms with van der Waals surface area (Å²) >= 11 is 1.97. The van der Waals surface area contributed by atoms with Crippen LogP contribution < -0.4 is 0 Å². The molecule has 3 aromatic rings. The molecule has 0 amide bonds. The summed E-state index contributed by atoms with van der Waals surface area (Å²) in [6, 6.07) is 22.2. The molecular formula is C26H24S. The fourth-order valence-corrected chi connectivity index (χ4v) is 5.59. The van der Waals surface area contributed by atoms with Crippen molar-refractivity contribution in [3.05, 3.63) is 101 Å². The standard InChI is InChI=1S/C18H16.C8H8S/c1-3-7-15-13(5-1)9-11-18-16-8-4-2-6-14(16)10-12-17(15)18;1-2-4-8-7(3-1)5-6-9-8/h1-5,7,10,12H,6,8-9,11H2;1-4H,5-6H2. The molecule has 27 heavy (non-hydrogen) atoms. The van der Waals surface area contributed by atoms with E-state index < -0.39 is 0 Å². The van der Waals surface area contributed by atoms with Gasteiger partial charge < -0.3 is 0 Å². The first-order valence-corrected chi connectivity index (χ1v) is 11.0. The van der Waals surface area contributed by atoms with Gasteiger partial charge in [-0.15, -0.1) is 11.8 Å². The van der Waals surface area contributed by atoms with Crippen molar-refractivity contribution in [3.8, 4) is 11.1 Å². The Kier molecular flexibility index (Phi) is 4.63. The Morgan fingerprint density at radius 1 is 0.556 bits per heavy atom. The number of fused-ring (bicyclic) bond motifs is 6. The zero-order valence-electron chi connectivity index (χ0n) is 15.6. The Morgan fingerprint density at radius 3 is 2.30 bits per heavy atom. The van der Waals surface area contributed by atoms with Crippen LogP contribution in [0.5, 0.6) is 0 Å². The maximum Gasteiger partial charge on any atom is 0.0104 e. The summed E-state index contributed by atoms with van der Waals surface area (Å²) in [5.74, 6) is 1.28. The van der Waals surface area contributed by atoms with Crippen molar-refractivity contribution in [2.75, 3.05) is 5.75 Å². The van der Waals surface area contributed by atoms with Crippen molar-refractivity contribution in [3.63, 3.8) is 0 Å². The molecule has 2 aliphatic carbocycles. The van der Waals surface area contributed by atoms with Crippen LogP contribution >= 0.6 is 11.8 Å². The van der Waals surface area contributed by atoms with Crippen LogP contribution in [-0.4, -0.2) is 5.75 Å². The Bertz CT molecular complexity index is 989. The van der Waals surface area contributed by atoms with Gasteiger partial charge in [0.05, 0.1) is 0 Å². The Labute approximate surface area is 166 Å². The molecule has 0 nitrogen and oxygen atoms in total. The van der Waals surface area contributed by atoms with Gasteiger partial charge in [0.25, 0.3) is 0 Å². The molecule has 0 bridgehead atoms. The van der Waals surface area contributed by atoms with E-state index in [-0.39, 0.29) is 0 Å². The normalized spacial score (nSPS) is 15.7. The lowest BCUT2D eigenvalue weighted by Crippen LogP contribution is -2.10. The third-order valence-electron chi connectivity index (χ3n) is 5.91. The average Bonchev–Trinajstić information content (AvgIpc) is 3.23. The fraction of sp³-hybridized carbons (Fsp3) is 0.231. The highest BCUT2D eigenvalue weighted by Gasteiger charge is 2.20. The highest BCUT2D eigenvalue weighted by Crippen LogP contribution is 2.37. The summed E-state index contributed by atoms with van der Waals surface area (Å²) in [4.78, 5) is 1.48. The van der Waals surface area contributed by atoms with E-state index in [4.69, 9.17) is 0 Å². The summed E-state index contributed by atoms with van der Waals surface area (Å²) < 4.78 is 0. The predicted octanol–water partition coefficient (Wildman–Crippen LogP) is 6.44. The molecule has 3 aliphatic rings. The minimum absolute atomic E-state index is 1.12. The van der Waals surface area contributed by atoms with Crippen LogP contribution in [-0.2, 0) is 32.1 Å². The SMILES string of the molecule is C1=CCc2c(ccc3c2CCc2ccccc2-3)C1.c1ccc2c(c1)CCS2. The highest BCUT2D eigenvalue weighted by molar-refractivity contribution is 7.99. The third kappa shape index (κ3) is 3.26. The van der Waals surface area contributed by atoms with E-state index in [0.29, 0.717) is 0 Å². The van der Waals surface area contributed by atoms with Crippen LogP contribution in [0.25, 0.3) is 11.1 Å². The molecule has 0 saturated carbocycles. The van der Waals surface area contributed by atoms with Crippen LogP contribution in [0.4, 0.5) is 0 Å². The quantitative estimate of drug-likeness (QED) is 0.411. The molecule has 0 unspecified atom stereocenters. The van der Waals surface area contributed by atoms with Crippen molar-refractivity contribution in [2.24, 2.45) is 0 Å². The molecule has 1 heteroatoms. The van der Waals surface area contributed by atoms with Gasteiger partial charge in [0.15, 0.2) is 0 Å². The van der Waals surface area contributed by atoms with Gasteiger partial charge in [0.2, 0.25) is 0 Å². The van der Waals surface area contributed by atoms with Gasteiger partial charge in [0, 0.05) is 10.6 Å². The lowest BCUT2D eigenvalue weighted by molar-refractivity contribution is 0.908. The minimum atomic E-state index is 1.12. The summed E-state index contributed by atoms with van der Waals surface area (Å²) in [5, 5.41) is 0. The molecule has 1 aliphatic heterocycles. The van der Waals surface area contributed by atoms with E-state index in [0.717, 1.165) is 12.8 Å². The van der Waals surface area contributed by atoms with Crippen LogP contribution in [0.3, 0.4) is 0 Å². The molecule has 0 saturated heterocycles. The molecular weight excluding hydrogens is 344 g/mol. The maximum absolute atomic E-state index is 2.34. The molecule has 0 spiro atoms. The van der Waals surface area contributed by atoms with Gasteiger partial charge in [-0.2, -0.15) is 0 Å². The van der Waals surface area contributed by atoms with Crippen molar-refractivity contribution >= 4 is 11.8 Å².